The van der Waals surface area contributed by atoms with Crippen molar-refractivity contribution in [2.24, 2.45) is 0 Å². The van der Waals surface area contributed by atoms with Crippen LogP contribution in [0.25, 0.3) is 0 Å². The maximum absolute atomic E-state index is 9.62. The van der Waals surface area contributed by atoms with Gasteiger partial charge in [0.15, 0.2) is 0 Å². The summed E-state index contributed by atoms with van der Waals surface area (Å²) in [5.74, 6) is 0. The minimum absolute atomic E-state index is 0.170. The molecule has 1 aliphatic carbocycles. The second-order valence-corrected chi connectivity index (χ2v) is 5.43. The van der Waals surface area contributed by atoms with Gasteiger partial charge in [-0.15, -0.1) is 0 Å². The lowest BCUT2D eigenvalue weighted by atomic mass is 9.91. The fraction of sp³-hybridized carbons (Fsp3) is 0.769. The van der Waals surface area contributed by atoms with Gasteiger partial charge >= 0.3 is 0 Å². The molecule has 100 valence electrons. The minimum atomic E-state index is -0.170. The molecule has 2 heterocycles. The van der Waals surface area contributed by atoms with Gasteiger partial charge in [-0.05, 0) is 25.7 Å². The van der Waals surface area contributed by atoms with E-state index in [4.69, 9.17) is 4.74 Å². The largest absolute Gasteiger partial charge is 0.394 e. The van der Waals surface area contributed by atoms with Crippen molar-refractivity contribution in [1.82, 2.24) is 14.9 Å². The first kappa shape index (κ1) is 12.1. The van der Waals surface area contributed by atoms with Gasteiger partial charge in [0.2, 0.25) is 0 Å². The molecule has 0 radical (unpaired) electrons. The van der Waals surface area contributed by atoms with Crippen LogP contribution in [0.4, 0.5) is 0 Å². The average molecular weight is 251 g/mol. The summed E-state index contributed by atoms with van der Waals surface area (Å²) in [6.45, 7) is 2.41. The van der Waals surface area contributed by atoms with Crippen LogP contribution in [0, 0.1) is 0 Å². The molecule has 1 aromatic rings. The van der Waals surface area contributed by atoms with Crippen molar-refractivity contribution in [3.05, 3.63) is 18.2 Å². The van der Waals surface area contributed by atoms with Crippen LogP contribution in [-0.4, -0.2) is 40.0 Å². The monoisotopic (exact) mass is 251 g/mol. The van der Waals surface area contributed by atoms with Gasteiger partial charge < -0.3 is 19.7 Å². The normalized spacial score (nSPS) is 23.2. The molecule has 5 heteroatoms. The van der Waals surface area contributed by atoms with Gasteiger partial charge in [0.05, 0.1) is 18.6 Å². The maximum Gasteiger partial charge on any atom is 0.0951 e. The van der Waals surface area contributed by atoms with Crippen molar-refractivity contribution in [3.63, 3.8) is 0 Å². The van der Waals surface area contributed by atoms with E-state index in [0.29, 0.717) is 6.04 Å². The van der Waals surface area contributed by atoms with Crippen LogP contribution in [-0.2, 0) is 11.3 Å². The molecule has 2 fully saturated rings. The Morgan fingerprint density at radius 1 is 1.44 bits per heavy atom. The van der Waals surface area contributed by atoms with E-state index >= 15 is 0 Å². The van der Waals surface area contributed by atoms with Crippen molar-refractivity contribution >= 4 is 0 Å². The molecule has 2 N–H and O–H groups in total. The van der Waals surface area contributed by atoms with Crippen LogP contribution in [0.15, 0.2) is 12.5 Å². The molecule has 0 bridgehead atoms. The molecule has 1 saturated carbocycles. The summed E-state index contributed by atoms with van der Waals surface area (Å²) in [7, 11) is 0. The van der Waals surface area contributed by atoms with E-state index in [1.165, 1.54) is 18.5 Å². The SMILES string of the molecule is OCC1(NCc2cncn2C2CC2)CCOCC1. The Labute approximate surface area is 107 Å². The van der Waals surface area contributed by atoms with E-state index < -0.39 is 0 Å². The standard InChI is InChI=1S/C13H21N3O2/c17-9-13(3-5-18-6-4-13)15-8-12-7-14-10-16(12)11-1-2-11/h7,10-11,15,17H,1-6,8-9H2. The van der Waals surface area contributed by atoms with Gasteiger partial charge in [0.1, 0.15) is 0 Å². The predicted molar refractivity (Wildman–Crippen MR) is 67.2 cm³/mol. The molecule has 1 saturated heterocycles. The maximum atomic E-state index is 9.62. The lowest BCUT2D eigenvalue weighted by molar-refractivity contribution is 0.0109. The Hall–Kier alpha value is -0.910. The summed E-state index contributed by atoms with van der Waals surface area (Å²) in [4.78, 5) is 4.23. The number of hydrogen-bond acceptors (Lipinski definition) is 4. The van der Waals surface area contributed by atoms with Gasteiger partial charge in [-0.2, -0.15) is 0 Å². The van der Waals surface area contributed by atoms with Crippen LogP contribution in [0.2, 0.25) is 0 Å². The second kappa shape index (κ2) is 4.99. The zero-order valence-electron chi connectivity index (χ0n) is 10.6. The van der Waals surface area contributed by atoms with E-state index in [0.717, 1.165) is 32.6 Å². The van der Waals surface area contributed by atoms with Gasteiger partial charge in [0.25, 0.3) is 0 Å². The van der Waals surface area contributed by atoms with Crippen molar-refractivity contribution < 1.29 is 9.84 Å². The van der Waals surface area contributed by atoms with E-state index in [9.17, 15) is 5.11 Å². The summed E-state index contributed by atoms with van der Waals surface area (Å²) in [6, 6.07) is 0.657. The van der Waals surface area contributed by atoms with Gasteiger partial charge in [-0.1, -0.05) is 0 Å². The van der Waals surface area contributed by atoms with Crippen LogP contribution in [0.5, 0.6) is 0 Å². The molecule has 0 atom stereocenters. The average Bonchev–Trinajstić information content (AvgIpc) is 3.16. The van der Waals surface area contributed by atoms with E-state index in [1.807, 2.05) is 12.5 Å². The number of aliphatic hydroxyl groups excluding tert-OH is 1. The minimum Gasteiger partial charge on any atom is -0.394 e. The van der Waals surface area contributed by atoms with E-state index in [2.05, 4.69) is 14.9 Å². The summed E-state index contributed by atoms with van der Waals surface area (Å²) < 4.78 is 7.63. The van der Waals surface area contributed by atoms with Gasteiger partial charge in [-0.3, -0.25) is 0 Å². The number of aliphatic hydroxyl groups is 1. The number of aromatic nitrogens is 2. The topological polar surface area (TPSA) is 59.3 Å². The highest BCUT2D eigenvalue weighted by Crippen LogP contribution is 2.35. The third-order valence-corrected chi connectivity index (χ3v) is 4.08. The smallest absolute Gasteiger partial charge is 0.0951 e. The molecule has 0 unspecified atom stereocenters. The van der Waals surface area contributed by atoms with Crippen molar-refractivity contribution in [3.8, 4) is 0 Å². The first-order valence-corrected chi connectivity index (χ1v) is 6.77. The molecule has 0 aromatic carbocycles. The van der Waals surface area contributed by atoms with Crippen LogP contribution in [0.3, 0.4) is 0 Å². The Morgan fingerprint density at radius 3 is 2.89 bits per heavy atom. The van der Waals surface area contributed by atoms with Crippen molar-refractivity contribution in [2.75, 3.05) is 19.8 Å². The van der Waals surface area contributed by atoms with E-state index in [1.54, 1.807) is 0 Å². The molecule has 1 aromatic heterocycles. The lowest BCUT2D eigenvalue weighted by Gasteiger charge is -2.36. The highest BCUT2D eigenvalue weighted by molar-refractivity contribution is 5.04. The first-order chi connectivity index (χ1) is 8.83. The highest BCUT2D eigenvalue weighted by atomic mass is 16.5. The number of ether oxygens (including phenoxy) is 1. The number of hydrogen-bond donors (Lipinski definition) is 2. The Morgan fingerprint density at radius 2 is 2.22 bits per heavy atom. The summed E-state index contributed by atoms with van der Waals surface area (Å²) in [6.07, 6.45) is 8.13. The Bertz CT molecular complexity index is 395. The highest BCUT2D eigenvalue weighted by Gasteiger charge is 2.32. The van der Waals surface area contributed by atoms with Crippen LogP contribution in [0.1, 0.15) is 37.4 Å². The van der Waals surface area contributed by atoms with Crippen LogP contribution >= 0.6 is 0 Å². The summed E-state index contributed by atoms with van der Waals surface area (Å²) in [5.41, 5.74) is 1.05. The number of imidazole rings is 1. The molecular weight excluding hydrogens is 230 g/mol. The predicted octanol–water partition coefficient (Wildman–Crippen LogP) is 0.849. The molecule has 3 rings (SSSR count). The second-order valence-electron chi connectivity index (χ2n) is 5.43. The Balaban J connectivity index is 1.63. The molecule has 5 nitrogen and oxygen atoms in total. The van der Waals surface area contributed by atoms with Crippen molar-refractivity contribution in [1.29, 1.82) is 0 Å². The first-order valence-electron chi connectivity index (χ1n) is 6.77. The van der Waals surface area contributed by atoms with E-state index in [-0.39, 0.29) is 12.1 Å². The van der Waals surface area contributed by atoms with Crippen LogP contribution < -0.4 is 5.32 Å². The lowest BCUT2D eigenvalue weighted by Crippen LogP contribution is -2.52. The molecular formula is C13H21N3O2. The zero-order chi connectivity index (χ0) is 12.4. The molecule has 18 heavy (non-hydrogen) atoms. The summed E-state index contributed by atoms with van der Waals surface area (Å²) >= 11 is 0. The van der Waals surface area contributed by atoms with Crippen molar-refractivity contribution in [2.45, 2.75) is 43.8 Å². The number of nitrogens with one attached hydrogen (secondary N) is 1. The molecule has 0 spiro atoms. The van der Waals surface area contributed by atoms with Gasteiger partial charge in [-0.25, -0.2) is 4.98 Å². The third kappa shape index (κ3) is 2.43. The number of rotatable bonds is 5. The molecule has 0 amide bonds. The summed E-state index contributed by atoms with van der Waals surface area (Å²) in [5, 5.41) is 13.1. The fourth-order valence-corrected chi connectivity index (χ4v) is 2.58. The Kier molecular flexibility index (Phi) is 3.37. The zero-order valence-corrected chi connectivity index (χ0v) is 10.6. The molecule has 1 aliphatic heterocycles. The quantitative estimate of drug-likeness (QED) is 0.814. The number of nitrogens with zero attached hydrogens (tertiary/aromatic N) is 2. The molecule has 2 aliphatic rings. The third-order valence-electron chi connectivity index (χ3n) is 4.08. The van der Waals surface area contributed by atoms with Gasteiger partial charge in [0, 0.05) is 37.5 Å². The fourth-order valence-electron chi connectivity index (χ4n) is 2.58.